The molecule has 0 saturated heterocycles. The van der Waals surface area contributed by atoms with Gasteiger partial charge in [0.2, 0.25) is 5.91 Å². The molecule has 0 saturated carbocycles. The van der Waals surface area contributed by atoms with Crippen LogP contribution >= 0.6 is 27.3 Å². The molecule has 0 atom stereocenters. The second kappa shape index (κ2) is 6.19. The van der Waals surface area contributed by atoms with Crippen molar-refractivity contribution in [1.82, 2.24) is 9.88 Å². The van der Waals surface area contributed by atoms with E-state index in [-0.39, 0.29) is 5.91 Å². The van der Waals surface area contributed by atoms with Crippen LogP contribution in [0.2, 0.25) is 0 Å². The second-order valence-corrected chi connectivity index (χ2v) is 5.02. The van der Waals surface area contributed by atoms with Crippen molar-refractivity contribution in [3.63, 3.8) is 0 Å². The molecular weight excluding hydrogens is 278 g/mol. The van der Waals surface area contributed by atoms with Gasteiger partial charge in [-0.05, 0) is 14.1 Å². The third-order valence-corrected chi connectivity index (χ3v) is 2.80. The minimum absolute atomic E-state index is 0.00220. The third kappa shape index (κ3) is 4.72. The minimum atomic E-state index is -0.00220. The lowest BCUT2D eigenvalue weighted by molar-refractivity contribution is -0.115. The highest BCUT2D eigenvalue weighted by Crippen LogP contribution is 2.16. The van der Waals surface area contributed by atoms with Crippen molar-refractivity contribution in [1.29, 1.82) is 0 Å². The van der Waals surface area contributed by atoms with Crippen LogP contribution < -0.4 is 5.32 Å². The van der Waals surface area contributed by atoms with Gasteiger partial charge in [0.05, 0.1) is 5.69 Å². The topological polar surface area (TPSA) is 45.2 Å². The van der Waals surface area contributed by atoms with Crippen molar-refractivity contribution in [3.8, 4) is 0 Å². The normalized spacial score (nSPS) is 10.7. The standard InChI is InChI=1S/C9H14BrN3OS/c1-13(2)5-7-6-15-9(11-7)12-8(14)3-4-10/h6H,3-5H2,1-2H3,(H,11,12,14). The number of hydrogen-bond donors (Lipinski definition) is 1. The number of halogens is 1. The summed E-state index contributed by atoms with van der Waals surface area (Å²) in [5.41, 5.74) is 0.985. The number of nitrogens with one attached hydrogen (secondary N) is 1. The summed E-state index contributed by atoms with van der Waals surface area (Å²) >= 11 is 4.68. The first kappa shape index (κ1) is 12.6. The summed E-state index contributed by atoms with van der Waals surface area (Å²) in [6.45, 7) is 0.796. The number of hydrogen-bond acceptors (Lipinski definition) is 4. The maximum Gasteiger partial charge on any atom is 0.226 e. The van der Waals surface area contributed by atoms with Crippen molar-refractivity contribution >= 4 is 38.3 Å². The lowest BCUT2D eigenvalue weighted by atomic mass is 10.4. The average molecular weight is 292 g/mol. The summed E-state index contributed by atoms with van der Waals surface area (Å²) in [6.07, 6.45) is 0.475. The van der Waals surface area contributed by atoms with E-state index in [0.717, 1.165) is 12.2 Å². The van der Waals surface area contributed by atoms with Crippen LogP contribution in [0.15, 0.2) is 5.38 Å². The van der Waals surface area contributed by atoms with Crippen molar-refractivity contribution in [2.24, 2.45) is 0 Å². The second-order valence-electron chi connectivity index (χ2n) is 3.37. The molecule has 1 aromatic heterocycles. The Kier molecular flexibility index (Phi) is 5.21. The first-order valence-electron chi connectivity index (χ1n) is 4.56. The molecule has 1 rings (SSSR count). The van der Waals surface area contributed by atoms with E-state index in [1.165, 1.54) is 11.3 Å². The van der Waals surface area contributed by atoms with E-state index in [0.29, 0.717) is 16.9 Å². The smallest absolute Gasteiger partial charge is 0.226 e. The lowest BCUT2D eigenvalue weighted by Gasteiger charge is -2.05. The van der Waals surface area contributed by atoms with Gasteiger partial charge in [-0.15, -0.1) is 11.3 Å². The SMILES string of the molecule is CN(C)Cc1csc(NC(=O)CCBr)n1. The number of carbonyl (C=O) groups excluding carboxylic acids is 1. The molecule has 84 valence electrons. The van der Waals surface area contributed by atoms with Crippen molar-refractivity contribution < 1.29 is 4.79 Å². The predicted octanol–water partition coefficient (Wildman–Crippen LogP) is 1.93. The van der Waals surface area contributed by atoms with E-state index in [4.69, 9.17) is 0 Å². The highest BCUT2D eigenvalue weighted by Gasteiger charge is 2.06. The molecule has 0 fully saturated rings. The van der Waals surface area contributed by atoms with E-state index >= 15 is 0 Å². The Morgan fingerprint density at radius 3 is 3.00 bits per heavy atom. The van der Waals surface area contributed by atoms with Crippen molar-refractivity contribution in [2.45, 2.75) is 13.0 Å². The minimum Gasteiger partial charge on any atom is -0.304 e. The number of nitrogens with zero attached hydrogens (tertiary/aromatic N) is 2. The van der Waals surface area contributed by atoms with Gasteiger partial charge in [-0.25, -0.2) is 4.98 Å². The van der Waals surface area contributed by atoms with Crippen molar-refractivity contribution in [2.75, 3.05) is 24.7 Å². The van der Waals surface area contributed by atoms with E-state index in [9.17, 15) is 4.79 Å². The molecule has 0 aliphatic rings. The monoisotopic (exact) mass is 291 g/mol. The Morgan fingerprint density at radius 1 is 1.67 bits per heavy atom. The van der Waals surface area contributed by atoms with Gasteiger partial charge >= 0.3 is 0 Å². The van der Waals surface area contributed by atoms with Crippen LogP contribution in [-0.4, -0.2) is 35.2 Å². The van der Waals surface area contributed by atoms with Crippen LogP contribution in [0.5, 0.6) is 0 Å². The van der Waals surface area contributed by atoms with E-state index < -0.39 is 0 Å². The molecule has 1 N–H and O–H groups in total. The molecule has 0 bridgehead atoms. The summed E-state index contributed by atoms with van der Waals surface area (Å²) in [5.74, 6) is -0.00220. The fraction of sp³-hybridized carbons (Fsp3) is 0.556. The summed E-state index contributed by atoms with van der Waals surface area (Å²) in [6, 6.07) is 0. The fourth-order valence-electron chi connectivity index (χ4n) is 1.03. The molecule has 4 nitrogen and oxygen atoms in total. The fourth-order valence-corrected chi connectivity index (χ4v) is 2.11. The number of aromatic nitrogens is 1. The zero-order chi connectivity index (χ0) is 11.3. The summed E-state index contributed by atoms with van der Waals surface area (Å²) in [4.78, 5) is 17.6. The van der Waals surface area contributed by atoms with Crippen LogP contribution in [0.4, 0.5) is 5.13 Å². The van der Waals surface area contributed by atoms with E-state index in [2.05, 4.69) is 26.2 Å². The number of rotatable bonds is 5. The van der Waals surface area contributed by atoms with Gasteiger partial charge < -0.3 is 10.2 Å². The molecule has 15 heavy (non-hydrogen) atoms. The van der Waals surface area contributed by atoms with Gasteiger partial charge in [0, 0.05) is 23.7 Å². The Bertz CT molecular complexity index is 327. The Morgan fingerprint density at radius 2 is 2.40 bits per heavy atom. The number of carbonyl (C=O) groups is 1. The first-order valence-corrected chi connectivity index (χ1v) is 6.57. The largest absolute Gasteiger partial charge is 0.304 e. The van der Waals surface area contributed by atoms with Crippen LogP contribution in [0.1, 0.15) is 12.1 Å². The van der Waals surface area contributed by atoms with Crippen molar-refractivity contribution in [3.05, 3.63) is 11.1 Å². The maximum absolute atomic E-state index is 11.3. The van der Waals surface area contributed by atoms with E-state index in [1.54, 1.807) is 0 Å². The van der Waals surface area contributed by atoms with Gasteiger partial charge in [0.15, 0.2) is 5.13 Å². The number of amides is 1. The molecule has 0 aromatic carbocycles. The molecule has 0 radical (unpaired) electrons. The summed E-state index contributed by atoms with van der Waals surface area (Å²) in [7, 11) is 3.98. The molecule has 6 heteroatoms. The number of anilines is 1. The van der Waals surface area contributed by atoms with Crippen LogP contribution in [0, 0.1) is 0 Å². The van der Waals surface area contributed by atoms with Gasteiger partial charge in [0.1, 0.15) is 0 Å². The molecule has 1 heterocycles. The highest BCUT2D eigenvalue weighted by molar-refractivity contribution is 9.09. The summed E-state index contributed by atoms with van der Waals surface area (Å²) in [5, 5.41) is 6.07. The zero-order valence-corrected chi connectivity index (χ0v) is 11.2. The quantitative estimate of drug-likeness (QED) is 0.843. The third-order valence-electron chi connectivity index (χ3n) is 1.60. The Hall–Kier alpha value is -0.460. The van der Waals surface area contributed by atoms with Gasteiger partial charge in [-0.2, -0.15) is 0 Å². The first-order chi connectivity index (χ1) is 7.11. The molecule has 0 aliphatic carbocycles. The molecule has 0 unspecified atom stereocenters. The van der Waals surface area contributed by atoms with Crippen LogP contribution in [-0.2, 0) is 11.3 Å². The van der Waals surface area contributed by atoms with Crippen LogP contribution in [0.3, 0.4) is 0 Å². The molecule has 1 amide bonds. The lowest BCUT2D eigenvalue weighted by Crippen LogP contribution is -2.13. The van der Waals surface area contributed by atoms with Gasteiger partial charge in [-0.1, -0.05) is 15.9 Å². The average Bonchev–Trinajstić information content (AvgIpc) is 2.51. The maximum atomic E-state index is 11.3. The van der Waals surface area contributed by atoms with E-state index in [1.807, 2.05) is 24.4 Å². The molecule has 1 aromatic rings. The van der Waals surface area contributed by atoms with Gasteiger partial charge in [-0.3, -0.25) is 4.79 Å². The zero-order valence-electron chi connectivity index (χ0n) is 8.79. The Labute approximate surface area is 102 Å². The Balaban J connectivity index is 2.49. The molecule has 0 aliphatic heterocycles. The highest BCUT2D eigenvalue weighted by atomic mass is 79.9. The number of alkyl halides is 1. The predicted molar refractivity (Wildman–Crippen MR) is 66.5 cm³/mol. The van der Waals surface area contributed by atoms with Crippen LogP contribution in [0.25, 0.3) is 0 Å². The molecule has 0 spiro atoms. The van der Waals surface area contributed by atoms with Gasteiger partial charge in [0.25, 0.3) is 0 Å². The summed E-state index contributed by atoms with van der Waals surface area (Å²) < 4.78 is 0. The molecular formula is C9H14BrN3OS. The number of thiazole rings is 1.